The van der Waals surface area contributed by atoms with Gasteiger partial charge in [0.25, 0.3) is 0 Å². The summed E-state index contributed by atoms with van der Waals surface area (Å²) >= 11 is 5.74. The number of hydrogen-bond donors (Lipinski definition) is 3. The Kier molecular flexibility index (Phi) is 8.21. The number of halogens is 1. The molecule has 14 heteroatoms. The lowest BCUT2D eigenvalue weighted by Gasteiger charge is -2.21. The van der Waals surface area contributed by atoms with Crippen molar-refractivity contribution in [2.75, 3.05) is 5.32 Å². The number of nitrogens with one attached hydrogen (secondary N) is 2. The monoisotopic (exact) mass is 634 g/mol. The summed E-state index contributed by atoms with van der Waals surface area (Å²) in [6.07, 6.45) is 1.88. The number of pyridine rings is 2. The van der Waals surface area contributed by atoms with Crippen molar-refractivity contribution in [1.29, 1.82) is 0 Å². The van der Waals surface area contributed by atoms with Gasteiger partial charge < -0.3 is 9.29 Å². The minimum atomic E-state index is -3.70. The lowest BCUT2D eigenvalue weighted by atomic mass is 10.1. The van der Waals surface area contributed by atoms with Gasteiger partial charge >= 0.3 is 6.09 Å². The number of ether oxygens (including phenoxy) is 1. The summed E-state index contributed by atoms with van der Waals surface area (Å²) < 4.78 is 56.4. The predicted molar refractivity (Wildman–Crippen MR) is 160 cm³/mol. The molecule has 1 amide bonds. The van der Waals surface area contributed by atoms with Crippen LogP contribution in [0.2, 0.25) is 5.02 Å². The molecule has 0 spiro atoms. The van der Waals surface area contributed by atoms with Gasteiger partial charge in [-0.05, 0) is 69.3 Å². The van der Waals surface area contributed by atoms with Crippen LogP contribution in [0.15, 0.2) is 59.6 Å². The van der Waals surface area contributed by atoms with Crippen LogP contribution in [0.25, 0.3) is 21.3 Å². The van der Waals surface area contributed by atoms with Crippen LogP contribution in [0.5, 0.6) is 0 Å². The highest BCUT2D eigenvalue weighted by atomic mass is 35.5. The van der Waals surface area contributed by atoms with E-state index in [0.717, 1.165) is 10.1 Å². The number of anilines is 1. The zero-order valence-electron chi connectivity index (χ0n) is 22.3. The maximum Gasteiger partial charge on any atom is 0.413 e. The number of aromatic nitrogens is 2. The van der Waals surface area contributed by atoms with Crippen molar-refractivity contribution in [3.63, 3.8) is 0 Å². The lowest BCUT2D eigenvalue weighted by molar-refractivity contribution is 0.0635. The molecule has 3 heterocycles. The molecule has 1 fully saturated rings. The minimum absolute atomic E-state index is 0.147. The Balaban J connectivity index is 1.59. The van der Waals surface area contributed by atoms with E-state index in [1.807, 2.05) is 24.3 Å². The summed E-state index contributed by atoms with van der Waals surface area (Å²) in [5.74, 6) is 0.147. The van der Waals surface area contributed by atoms with Crippen LogP contribution in [0.4, 0.5) is 10.6 Å². The summed E-state index contributed by atoms with van der Waals surface area (Å²) in [5.41, 5.74) is 0.707. The summed E-state index contributed by atoms with van der Waals surface area (Å²) in [4.78, 5) is 22.1. The SMILES string of the molecule is CC(C)(C)OC(=O)Nc1ccc(Cl)c(C(NS(=O)(=O)C2CC2)c2cc3cccc(-c4cc(S(=O)O)ccn4)c3s2)n1. The molecule has 0 saturated heterocycles. The fourth-order valence-corrected chi connectivity index (χ4v) is 7.55. The van der Waals surface area contributed by atoms with Crippen LogP contribution >= 0.6 is 22.9 Å². The fourth-order valence-electron chi connectivity index (χ4n) is 4.12. The number of carbonyl (C=O) groups is 1. The molecule has 10 nitrogen and oxygen atoms in total. The van der Waals surface area contributed by atoms with E-state index in [1.54, 1.807) is 26.8 Å². The standard InChI is InChI=1S/C27H27ClN4O6S3/c1-27(2,3)38-26(33)31-22-10-9-19(28)23(30-22)24(32-41(36,37)17-7-8-17)21-13-15-5-4-6-18(25(15)39-21)20-14-16(40(34)35)11-12-29-20/h4-6,9-14,17,24,32H,7-8H2,1-3H3,(H,34,35)(H,30,31,33). The van der Waals surface area contributed by atoms with Gasteiger partial charge in [-0.15, -0.1) is 11.3 Å². The zero-order chi connectivity index (χ0) is 29.5. The summed E-state index contributed by atoms with van der Waals surface area (Å²) in [5, 5.41) is 3.11. The van der Waals surface area contributed by atoms with Gasteiger partial charge in [-0.2, -0.15) is 0 Å². The Morgan fingerprint density at radius 2 is 1.95 bits per heavy atom. The molecule has 2 atom stereocenters. The smallest absolute Gasteiger partial charge is 0.413 e. The normalized spacial score (nSPS) is 15.4. The van der Waals surface area contributed by atoms with Crippen molar-refractivity contribution in [1.82, 2.24) is 14.7 Å². The Labute approximate surface area is 248 Å². The Morgan fingerprint density at radius 3 is 2.63 bits per heavy atom. The second kappa shape index (κ2) is 11.4. The van der Waals surface area contributed by atoms with E-state index < -0.39 is 44.1 Å². The Bertz CT molecular complexity index is 1770. The highest BCUT2D eigenvalue weighted by Gasteiger charge is 2.39. The van der Waals surface area contributed by atoms with Gasteiger partial charge in [-0.25, -0.2) is 27.1 Å². The number of thiophene rings is 1. The minimum Gasteiger partial charge on any atom is -0.444 e. The average molecular weight is 635 g/mol. The Morgan fingerprint density at radius 1 is 1.20 bits per heavy atom. The number of fused-ring (bicyclic) bond motifs is 1. The van der Waals surface area contributed by atoms with Crippen LogP contribution in [0, 0.1) is 0 Å². The number of amides is 1. The maximum atomic E-state index is 13.2. The summed E-state index contributed by atoms with van der Waals surface area (Å²) in [6, 6.07) is 12.5. The van der Waals surface area contributed by atoms with Crippen molar-refractivity contribution in [3.05, 3.63) is 70.3 Å². The quantitative estimate of drug-likeness (QED) is 0.197. The van der Waals surface area contributed by atoms with E-state index in [-0.39, 0.29) is 21.4 Å². The first-order valence-corrected chi connectivity index (χ1v) is 16.4. The second-order valence-corrected chi connectivity index (χ2v) is 14.9. The van der Waals surface area contributed by atoms with Crippen molar-refractivity contribution >= 4 is 66.0 Å². The van der Waals surface area contributed by atoms with E-state index in [1.165, 1.54) is 35.7 Å². The molecule has 5 rings (SSSR count). The van der Waals surface area contributed by atoms with Gasteiger partial charge in [0, 0.05) is 21.3 Å². The van der Waals surface area contributed by atoms with Gasteiger partial charge in [0.1, 0.15) is 11.4 Å². The first-order valence-electron chi connectivity index (χ1n) is 12.6. The van der Waals surface area contributed by atoms with Gasteiger partial charge in [-0.1, -0.05) is 29.8 Å². The molecule has 0 aliphatic heterocycles. The van der Waals surface area contributed by atoms with Crippen LogP contribution in [-0.4, -0.2) is 44.1 Å². The average Bonchev–Trinajstić information content (AvgIpc) is 3.67. The maximum absolute atomic E-state index is 13.2. The van der Waals surface area contributed by atoms with Crippen LogP contribution in [0.1, 0.15) is 50.2 Å². The third-order valence-electron chi connectivity index (χ3n) is 6.08. The van der Waals surface area contributed by atoms with E-state index in [4.69, 9.17) is 16.3 Å². The van der Waals surface area contributed by atoms with Gasteiger partial charge in [0.15, 0.2) is 11.1 Å². The molecule has 1 aromatic carbocycles. The van der Waals surface area contributed by atoms with Crippen molar-refractivity contribution in [3.8, 4) is 11.3 Å². The van der Waals surface area contributed by atoms with Crippen molar-refractivity contribution in [2.24, 2.45) is 0 Å². The van der Waals surface area contributed by atoms with E-state index in [0.29, 0.717) is 29.0 Å². The summed E-state index contributed by atoms with van der Waals surface area (Å²) in [7, 11) is -3.70. The number of nitrogens with zero attached hydrogens (tertiary/aromatic N) is 2. The highest BCUT2D eigenvalue weighted by molar-refractivity contribution is 7.90. The van der Waals surface area contributed by atoms with Gasteiger partial charge in [0.2, 0.25) is 10.0 Å². The molecule has 1 aliphatic rings. The highest BCUT2D eigenvalue weighted by Crippen LogP contribution is 2.41. The topological polar surface area (TPSA) is 148 Å². The van der Waals surface area contributed by atoms with E-state index >= 15 is 0 Å². The third kappa shape index (κ3) is 6.93. The molecule has 1 aliphatic carbocycles. The molecule has 0 bridgehead atoms. The zero-order valence-corrected chi connectivity index (χ0v) is 25.5. The third-order valence-corrected chi connectivity index (χ3v) is 10.2. The molecule has 3 aromatic heterocycles. The molecule has 41 heavy (non-hydrogen) atoms. The number of sulfonamides is 1. The lowest BCUT2D eigenvalue weighted by Crippen LogP contribution is -2.32. The molecule has 4 aromatic rings. The van der Waals surface area contributed by atoms with E-state index in [2.05, 4.69) is 20.0 Å². The van der Waals surface area contributed by atoms with Crippen LogP contribution in [0.3, 0.4) is 0 Å². The largest absolute Gasteiger partial charge is 0.444 e. The van der Waals surface area contributed by atoms with Gasteiger partial charge in [0.05, 0.1) is 32.6 Å². The van der Waals surface area contributed by atoms with Crippen molar-refractivity contribution in [2.45, 2.75) is 55.4 Å². The molecule has 3 N–H and O–H groups in total. The fraction of sp³-hybridized carbons (Fsp3) is 0.296. The van der Waals surface area contributed by atoms with E-state index in [9.17, 15) is 22.0 Å². The number of carbonyl (C=O) groups excluding carboxylic acids is 1. The van der Waals surface area contributed by atoms with Crippen LogP contribution in [-0.2, 0) is 25.8 Å². The molecular formula is C27H27ClN4O6S3. The van der Waals surface area contributed by atoms with Gasteiger partial charge in [-0.3, -0.25) is 10.3 Å². The number of benzene rings is 1. The second-order valence-electron chi connectivity index (χ2n) is 10.5. The predicted octanol–water partition coefficient (Wildman–Crippen LogP) is 6.11. The number of rotatable bonds is 8. The first kappa shape index (κ1) is 29.5. The van der Waals surface area contributed by atoms with Crippen molar-refractivity contribution < 1.29 is 26.7 Å². The van der Waals surface area contributed by atoms with Crippen LogP contribution < -0.4 is 10.0 Å². The molecule has 216 valence electrons. The summed E-state index contributed by atoms with van der Waals surface area (Å²) in [6.45, 7) is 5.21. The molecule has 1 saturated carbocycles. The molecule has 2 unspecified atom stereocenters. The Hall–Kier alpha value is -2.94. The molecule has 0 radical (unpaired) electrons. The molecular weight excluding hydrogens is 608 g/mol. The first-order chi connectivity index (χ1) is 19.3. The number of hydrogen-bond acceptors (Lipinski definition) is 8.